The number of rotatable bonds is 11. The Kier molecular flexibility index (Phi) is 13.9. The molecule has 0 amide bonds. The van der Waals surface area contributed by atoms with Crippen LogP contribution in [0.3, 0.4) is 0 Å². The van der Waals surface area contributed by atoms with Crippen molar-refractivity contribution >= 4 is 11.9 Å². The van der Waals surface area contributed by atoms with E-state index in [0.29, 0.717) is 0 Å². The molecule has 0 aliphatic heterocycles. The first-order valence-electron chi connectivity index (χ1n) is 6.81. The summed E-state index contributed by atoms with van der Waals surface area (Å²) in [4.78, 5) is 21.5. The molecule has 0 saturated heterocycles. The van der Waals surface area contributed by atoms with Crippen molar-refractivity contribution < 1.29 is 74.4 Å². The predicted octanol–water partition coefficient (Wildman–Crippen LogP) is 1.75. The van der Waals surface area contributed by atoms with Crippen molar-refractivity contribution in [2.24, 2.45) is 0 Å². The molecule has 0 spiro atoms. The summed E-state index contributed by atoms with van der Waals surface area (Å²) in [6, 6.07) is 0. The first-order chi connectivity index (χ1) is 9.49. The fraction of sp³-hybridized carbons (Fsp3) is 0.833. The topological polar surface area (TPSA) is 71.1 Å². The zero-order chi connectivity index (χ0) is 15.4. The van der Waals surface area contributed by atoms with E-state index in [2.05, 4.69) is 0 Å². The SMILES string of the molecule is COC(CCC([CH2][Hg][O]C(C)=O)OC)[CH2][Hg][O]C(C)=O. The molecule has 8 heteroatoms. The van der Waals surface area contributed by atoms with Gasteiger partial charge in [0, 0.05) is 0 Å². The zero-order valence-electron chi connectivity index (χ0n) is 12.8. The maximum absolute atomic E-state index is 10.7. The monoisotopic (exact) mass is 666 g/mol. The molecule has 0 rings (SSSR count). The Morgan fingerprint density at radius 1 is 0.850 bits per heavy atom. The van der Waals surface area contributed by atoms with Crippen LogP contribution in [0.2, 0.25) is 7.86 Å². The van der Waals surface area contributed by atoms with Gasteiger partial charge < -0.3 is 0 Å². The first kappa shape index (κ1) is 20.7. The Bertz CT molecular complexity index is 259. The van der Waals surface area contributed by atoms with Crippen molar-refractivity contribution in [1.29, 1.82) is 0 Å². The van der Waals surface area contributed by atoms with E-state index in [0.717, 1.165) is 20.7 Å². The molecule has 0 aliphatic rings. The van der Waals surface area contributed by atoms with Crippen molar-refractivity contribution in [3.63, 3.8) is 0 Å². The van der Waals surface area contributed by atoms with E-state index >= 15 is 0 Å². The molecule has 0 N–H and O–H groups in total. The van der Waals surface area contributed by atoms with Gasteiger partial charge in [-0.25, -0.2) is 0 Å². The summed E-state index contributed by atoms with van der Waals surface area (Å²) in [5, 5.41) is 0. The molecule has 0 aromatic carbocycles. The second-order valence-electron chi connectivity index (χ2n) is 4.55. The van der Waals surface area contributed by atoms with Gasteiger partial charge in [0.1, 0.15) is 0 Å². The Labute approximate surface area is 146 Å². The normalized spacial score (nSPS) is 12.8. The van der Waals surface area contributed by atoms with Gasteiger partial charge in [-0.3, -0.25) is 0 Å². The average Bonchev–Trinajstić information content (AvgIpc) is 2.39. The van der Waals surface area contributed by atoms with Crippen LogP contribution < -0.4 is 0 Å². The molecule has 0 aliphatic carbocycles. The summed E-state index contributed by atoms with van der Waals surface area (Å²) in [6.45, 7) is 2.90. The Morgan fingerprint density at radius 2 is 1.20 bits per heavy atom. The number of carbonyl (C=O) groups is 2. The van der Waals surface area contributed by atoms with Gasteiger partial charge >= 0.3 is 147 Å². The maximum atomic E-state index is 10.7. The van der Waals surface area contributed by atoms with Crippen LogP contribution in [0.5, 0.6) is 0 Å². The van der Waals surface area contributed by atoms with Crippen molar-refractivity contribution in [1.82, 2.24) is 0 Å². The standard InChI is InChI=1S/C8H16O2.2C2H4O2.2Hg/c1-7(9-3)5-6-8(2)10-4;2*1-2(3)4;;/h7-8H,1-2,5-6H2,3-4H3;2*1H3,(H,3,4);;/q;;;2*+1/p-2. The summed E-state index contributed by atoms with van der Waals surface area (Å²) in [7, 11) is 3.37. The third-order valence-electron chi connectivity index (χ3n) is 2.97. The van der Waals surface area contributed by atoms with Gasteiger partial charge in [-0.2, -0.15) is 0 Å². The molecule has 20 heavy (non-hydrogen) atoms. The van der Waals surface area contributed by atoms with E-state index < -0.39 is 50.1 Å². The van der Waals surface area contributed by atoms with Crippen LogP contribution in [-0.4, -0.2) is 38.4 Å². The third-order valence-corrected chi connectivity index (χ3v) is 14.6. The van der Waals surface area contributed by atoms with E-state index in [4.69, 9.17) is 14.8 Å². The molecule has 0 fully saturated rings. The van der Waals surface area contributed by atoms with Gasteiger partial charge in [-0.05, 0) is 0 Å². The Morgan fingerprint density at radius 3 is 1.45 bits per heavy atom. The van der Waals surface area contributed by atoms with Crippen LogP contribution in [0.15, 0.2) is 0 Å². The fourth-order valence-corrected chi connectivity index (χ4v) is 11.1. The summed E-state index contributed by atoms with van der Waals surface area (Å²) < 4.78 is 22.9. The molecule has 110 valence electrons. The number of carbonyl (C=O) groups excluding carboxylic acids is 2. The number of hydrogen-bond acceptors (Lipinski definition) is 6. The van der Waals surface area contributed by atoms with Gasteiger partial charge in [-0.15, -0.1) is 0 Å². The minimum absolute atomic E-state index is 0.152. The predicted molar refractivity (Wildman–Crippen MR) is 64.0 cm³/mol. The number of hydrogen-bond donors (Lipinski definition) is 0. The molecule has 0 aromatic heterocycles. The minimum atomic E-state index is -1.57. The fourth-order valence-electron chi connectivity index (χ4n) is 1.80. The van der Waals surface area contributed by atoms with Gasteiger partial charge in [0.25, 0.3) is 0 Å². The van der Waals surface area contributed by atoms with Crippen LogP contribution in [0.4, 0.5) is 0 Å². The van der Waals surface area contributed by atoms with Gasteiger partial charge in [0.15, 0.2) is 0 Å². The molecule has 0 heterocycles. The second-order valence-corrected chi connectivity index (χ2v) is 14.5. The van der Waals surface area contributed by atoms with Crippen molar-refractivity contribution in [3.8, 4) is 0 Å². The Balaban J connectivity index is 3.86. The van der Waals surface area contributed by atoms with E-state index in [1.807, 2.05) is 0 Å². The molecule has 2 atom stereocenters. The molecular formula is C12H22Hg2O6. The van der Waals surface area contributed by atoms with Gasteiger partial charge in [-0.1, -0.05) is 0 Å². The molecular weight excluding hydrogens is 641 g/mol. The second kappa shape index (κ2) is 13.4. The van der Waals surface area contributed by atoms with Crippen LogP contribution in [0.25, 0.3) is 0 Å². The molecule has 6 nitrogen and oxygen atoms in total. The van der Waals surface area contributed by atoms with Crippen molar-refractivity contribution in [2.75, 3.05) is 14.2 Å². The summed E-state index contributed by atoms with van der Waals surface area (Å²) in [6.07, 6.45) is 2.09. The average molecular weight is 663 g/mol. The van der Waals surface area contributed by atoms with Gasteiger partial charge in [0.05, 0.1) is 0 Å². The van der Waals surface area contributed by atoms with Crippen LogP contribution in [0, 0.1) is 0 Å². The van der Waals surface area contributed by atoms with Crippen molar-refractivity contribution in [2.45, 2.75) is 46.8 Å². The van der Waals surface area contributed by atoms with Crippen LogP contribution in [0.1, 0.15) is 26.7 Å². The van der Waals surface area contributed by atoms with Crippen LogP contribution >= 0.6 is 0 Å². The molecule has 0 saturated carbocycles. The summed E-state index contributed by atoms with van der Waals surface area (Å²) >= 11 is -3.15. The van der Waals surface area contributed by atoms with Gasteiger partial charge in [0.2, 0.25) is 0 Å². The zero-order valence-corrected chi connectivity index (χ0v) is 23.8. The Hall–Kier alpha value is 0.730. The first-order valence-corrected chi connectivity index (χ1v) is 19.1. The summed E-state index contributed by atoms with van der Waals surface area (Å²) in [5.74, 6) is -0.348. The third kappa shape index (κ3) is 12.5. The molecule has 0 bridgehead atoms. The van der Waals surface area contributed by atoms with E-state index in [-0.39, 0.29) is 24.1 Å². The number of ether oxygens (including phenoxy) is 2. The molecule has 2 unspecified atom stereocenters. The number of methoxy groups -OCH3 is 2. The molecule has 0 radical (unpaired) electrons. The van der Waals surface area contributed by atoms with E-state index in [1.54, 1.807) is 14.2 Å². The van der Waals surface area contributed by atoms with E-state index in [1.165, 1.54) is 13.8 Å². The molecule has 0 aromatic rings. The van der Waals surface area contributed by atoms with E-state index in [9.17, 15) is 9.59 Å². The van der Waals surface area contributed by atoms with Crippen LogP contribution in [-0.2, 0) is 74.4 Å². The van der Waals surface area contributed by atoms with Crippen molar-refractivity contribution in [3.05, 3.63) is 0 Å². The summed E-state index contributed by atoms with van der Waals surface area (Å²) in [5.41, 5.74) is 0. The quantitative estimate of drug-likeness (QED) is 0.314.